The molecule has 0 amide bonds. The van der Waals surface area contributed by atoms with Crippen molar-refractivity contribution in [3.8, 4) is 5.75 Å². The van der Waals surface area contributed by atoms with E-state index in [0.29, 0.717) is 5.54 Å². The molecule has 0 radical (unpaired) electrons. The van der Waals surface area contributed by atoms with E-state index in [1.165, 1.54) is 49.1 Å². The standard InChI is InChI=1S/C22H31N3OS/c1-26-18-7-15-27-19(18)16-23-13-10-21(20-6-2-5-12-24-20)11-14-25-22(17-21)8-3-4-9-22/h2,5-7,12,15,23,25H,3-4,8-11,13-14,16-17H2,1H3. The SMILES string of the molecule is COc1ccsc1CNCCC1(c2ccccn2)CCNC2(CCCC2)C1. The van der Waals surface area contributed by atoms with Gasteiger partial charge in [0.05, 0.1) is 12.0 Å². The average Bonchev–Trinajstić information content (AvgIpc) is 3.35. The zero-order valence-electron chi connectivity index (χ0n) is 16.3. The maximum atomic E-state index is 5.44. The van der Waals surface area contributed by atoms with Crippen molar-refractivity contribution in [1.29, 1.82) is 0 Å². The van der Waals surface area contributed by atoms with Gasteiger partial charge in [0, 0.05) is 29.4 Å². The topological polar surface area (TPSA) is 46.2 Å². The molecule has 2 aromatic heterocycles. The molecule has 1 atom stereocenters. The molecule has 1 spiro atoms. The predicted octanol–water partition coefficient (Wildman–Crippen LogP) is 4.27. The van der Waals surface area contributed by atoms with Crippen LogP contribution in [0.2, 0.25) is 0 Å². The van der Waals surface area contributed by atoms with Crippen molar-refractivity contribution in [3.05, 3.63) is 46.4 Å². The van der Waals surface area contributed by atoms with E-state index in [1.807, 2.05) is 18.3 Å². The average molecular weight is 386 g/mol. The summed E-state index contributed by atoms with van der Waals surface area (Å²) in [5, 5.41) is 9.65. The highest BCUT2D eigenvalue weighted by Gasteiger charge is 2.47. The third-order valence-corrected chi connectivity index (χ3v) is 7.44. The molecule has 1 aliphatic heterocycles. The minimum absolute atomic E-state index is 0.184. The molecule has 2 fully saturated rings. The van der Waals surface area contributed by atoms with Gasteiger partial charge < -0.3 is 15.4 Å². The van der Waals surface area contributed by atoms with Crippen molar-refractivity contribution < 1.29 is 4.74 Å². The van der Waals surface area contributed by atoms with Gasteiger partial charge in [-0.3, -0.25) is 4.98 Å². The van der Waals surface area contributed by atoms with Crippen LogP contribution in [0, 0.1) is 0 Å². The van der Waals surface area contributed by atoms with Crippen molar-refractivity contribution >= 4 is 11.3 Å². The van der Waals surface area contributed by atoms with Gasteiger partial charge in [0.25, 0.3) is 0 Å². The summed E-state index contributed by atoms with van der Waals surface area (Å²) in [5.74, 6) is 0.999. The summed E-state index contributed by atoms with van der Waals surface area (Å²) < 4.78 is 5.44. The van der Waals surface area contributed by atoms with Crippen LogP contribution in [-0.4, -0.2) is 30.7 Å². The number of methoxy groups -OCH3 is 1. The number of nitrogens with zero attached hydrogens (tertiary/aromatic N) is 1. The van der Waals surface area contributed by atoms with Crippen LogP contribution in [0.15, 0.2) is 35.8 Å². The predicted molar refractivity (Wildman–Crippen MR) is 112 cm³/mol. The van der Waals surface area contributed by atoms with Gasteiger partial charge in [-0.15, -0.1) is 11.3 Å². The van der Waals surface area contributed by atoms with E-state index in [1.54, 1.807) is 18.4 Å². The van der Waals surface area contributed by atoms with Gasteiger partial charge in [0.2, 0.25) is 0 Å². The van der Waals surface area contributed by atoms with E-state index < -0.39 is 0 Å². The normalized spacial score (nSPS) is 24.3. The first-order valence-electron chi connectivity index (χ1n) is 10.2. The molecular formula is C22H31N3OS. The highest BCUT2D eigenvalue weighted by molar-refractivity contribution is 7.10. The van der Waals surface area contributed by atoms with Crippen LogP contribution >= 0.6 is 11.3 Å². The number of hydrogen-bond donors (Lipinski definition) is 2. The Labute approximate surface area is 166 Å². The van der Waals surface area contributed by atoms with Crippen molar-refractivity contribution in [2.45, 2.75) is 62.4 Å². The molecule has 4 rings (SSSR count). The minimum atomic E-state index is 0.184. The third kappa shape index (κ3) is 4.05. The van der Waals surface area contributed by atoms with Crippen LogP contribution in [0.1, 0.15) is 55.5 Å². The summed E-state index contributed by atoms with van der Waals surface area (Å²) in [7, 11) is 1.75. The number of aromatic nitrogens is 1. The van der Waals surface area contributed by atoms with Gasteiger partial charge >= 0.3 is 0 Å². The summed E-state index contributed by atoms with van der Waals surface area (Å²) in [6, 6.07) is 8.48. The molecule has 2 aromatic rings. The van der Waals surface area contributed by atoms with E-state index in [2.05, 4.69) is 28.1 Å². The maximum Gasteiger partial charge on any atom is 0.134 e. The summed E-state index contributed by atoms with van der Waals surface area (Å²) >= 11 is 1.76. The summed E-state index contributed by atoms with van der Waals surface area (Å²) in [4.78, 5) is 6.09. The Kier molecular flexibility index (Phi) is 5.81. The second-order valence-electron chi connectivity index (χ2n) is 8.18. The maximum absolute atomic E-state index is 5.44. The Morgan fingerprint density at radius 1 is 1.22 bits per heavy atom. The lowest BCUT2D eigenvalue weighted by Crippen LogP contribution is -2.55. The largest absolute Gasteiger partial charge is 0.496 e. The first kappa shape index (κ1) is 18.9. The second-order valence-corrected chi connectivity index (χ2v) is 9.18. The smallest absolute Gasteiger partial charge is 0.134 e. The van der Waals surface area contributed by atoms with Gasteiger partial charge in [-0.2, -0.15) is 0 Å². The second kappa shape index (κ2) is 8.29. The van der Waals surface area contributed by atoms with Crippen LogP contribution in [0.25, 0.3) is 0 Å². The molecule has 2 N–H and O–H groups in total. The molecule has 27 heavy (non-hydrogen) atoms. The quantitative estimate of drug-likeness (QED) is 0.699. The summed E-state index contributed by atoms with van der Waals surface area (Å²) in [6.45, 7) is 2.99. The monoisotopic (exact) mass is 385 g/mol. The molecule has 1 aliphatic carbocycles. The summed E-state index contributed by atoms with van der Waals surface area (Å²) in [6.07, 6.45) is 10.9. The number of ether oxygens (including phenoxy) is 1. The van der Waals surface area contributed by atoms with Crippen LogP contribution in [0.4, 0.5) is 0 Å². The van der Waals surface area contributed by atoms with Crippen molar-refractivity contribution in [3.63, 3.8) is 0 Å². The minimum Gasteiger partial charge on any atom is -0.496 e. The van der Waals surface area contributed by atoms with E-state index in [4.69, 9.17) is 9.72 Å². The number of thiophene rings is 1. The lowest BCUT2D eigenvalue weighted by molar-refractivity contribution is 0.153. The van der Waals surface area contributed by atoms with Crippen molar-refractivity contribution in [2.24, 2.45) is 0 Å². The molecule has 3 heterocycles. The fraction of sp³-hybridized carbons (Fsp3) is 0.591. The van der Waals surface area contributed by atoms with Crippen molar-refractivity contribution in [2.75, 3.05) is 20.2 Å². The highest BCUT2D eigenvalue weighted by Crippen LogP contribution is 2.46. The fourth-order valence-electron chi connectivity index (χ4n) is 5.18. The Bertz CT molecular complexity index is 726. The molecule has 0 aromatic carbocycles. The van der Waals surface area contributed by atoms with Crippen LogP contribution in [0.5, 0.6) is 5.75 Å². The van der Waals surface area contributed by atoms with Crippen molar-refractivity contribution in [1.82, 2.24) is 15.6 Å². The van der Waals surface area contributed by atoms with Crippen LogP contribution < -0.4 is 15.4 Å². The lowest BCUT2D eigenvalue weighted by atomic mass is 9.66. The zero-order chi connectivity index (χ0) is 18.6. The number of nitrogens with one attached hydrogen (secondary N) is 2. The highest BCUT2D eigenvalue weighted by atomic mass is 32.1. The first-order valence-corrected chi connectivity index (χ1v) is 11.1. The van der Waals surface area contributed by atoms with Crippen LogP contribution in [-0.2, 0) is 12.0 Å². The summed E-state index contributed by atoms with van der Waals surface area (Å²) in [5.41, 5.74) is 1.81. The Hall–Kier alpha value is -1.43. The van der Waals surface area contributed by atoms with Gasteiger partial charge in [0.15, 0.2) is 0 Å². The van der Waals surface area contributed by atoms with Gasteiger partial charge in [0.1, 0.15) is 5.75 Å². The molecule has 0 bridgehead atoms. The Morgan fingerprint density at radius 2 is 2.11 bits per heavy atom. The molecule has 1 saturated carbocycles. The first-order chi connectivity index (χ1) is 13.3. The molecule has 4 nitrogen and oxygen atoms in total. The molecule has 1 saturated heterocycles. The fourth-order valence-corrected chi connectivity index (χ4v) is 5.99. The van der Waals surface area contributed by atoms with Crippen LogP contribution in [0.3, 0.4) is 0 Å². The number of rotatable bonds is 7. The van der Waals surface area contributed by atoms with Gasteiger partial charge in [-0.1, -0.05) is 18.9 Å². The van der Waals surface area contributed by atoms with Gasteiger partial charge in [-0.05, 0) is 68.8 Å². The molecule has 2 aliphatic rings. The van der Waals surface area contributed by atoms with E-state index in [9.17, 15) is 0 Å². The van der Waals surface area contributed by atoms with E-state index in [0.717, 1.165) is 31.8 Å². The molecule has 146 valence electrons. The van der Waals surface area contributed by atoms with Gasteiger partial charge in [-0.25, -0.2) is 0 Å². The van der Waals surface area contributed by atoms with E-state index in [-0.39, 0.29) is 5.41 Å². The third-order valence-electron chi connectivity index (χ3n) is 6.54. The number of pyridine rings is 1. The zero-order valence-corrected chi connectivity index (χ0v) is 17.1. The Balaban J connectivity index is 1.46. The lowest BCUT2D eigenvalue weighted by Gasteiger charge is -2.47. The number of hydrogen-bond acceptors (Lipinski definition) is 5. The molecule has 5 heteroatoms. The number of piperidine rings is 1. The van der Waals surface area contributed by atoms with E-state index >= 15 is 0 Å². The molecule has 1 unspecified atom stereocenters. The molecular weight excluding hydrogens is 354 g/mol. The Morgan fingerprint density at radius 3 is 2.89 bits per heavy atom.